The summed E-state index contributed by atoms with van der Waals surface area (Å²) in [4.78, 5) is 34.7. The van der Waals surface area contributed by atoms with Crippen LogP contribution in [0, 0.1) is 13.8 Å². The Morgan fingerprint density at radius 1 is 1.00 bits per heavy atom. The molecule has 0 saturated heterocycles. The zero-order valence-electron chi connectivity index (χ0n) is 19.0. The van der Waals surface area contributed by atoms with Crippen molar-refractivity contribution in [3.63, 3.8) is 0 Å². The van der Waals surface area contributed by atoms with E-state index in [9.17, 15) is 9.59 Å². The Hall–Kier alpha value is -4.21. The monoisotopic (exact) mass is 520 g/mol. The van der Waals surface area contributed by atoms with Gasteiger partial charge in [0.1, 0.15) is 5.75 Å². The number of nitrogen functional groups attached to an aromatic ring is 1. The molecular weight excluding hydrogens is 503 g/mol. The highest BCUT2D eigenvalue weighted by atomic mass is 35.5. The Bertz CT molecular complexity index is 1760. The molecule has 0 aliphatic carbocycles. The van der Waals surface area contributed by atoms with Crippen molar-refractivity contribution in [2.24, 2.45) is 0 Å². The van der Waals surface area contributed by atoms with Crippen molar-refractivity contribution in [1.29, 1.82) is 0 Å². The van der Waals surface area contributed by atoms with Crippen LogP contribution in [0.1, 0.15) is 11.3 Å². The maximum Gasteiger partial charge on any atom is 0.349 e. The number of aromatic amines is 1. The summed E-state index contributed by atoms with van der Waals surface area (Å²) in [5.41, 5.74) is 8.76. The smallest absolute Gasteiger partial charge is 0.349 e. The Morgan fingerprint density at radius 3 is 2.47 bits per heavy atom. The second kappa shape index (κ2) is 9.10. The Kier molecular flexibility index (Phi) is 5.95. The number of hydrogen-bond donors (Lipinski definition) is 2. The van der Waals surface area contributed by atoms with Crippen LogP contribution >= 0.6 is 23.2 Å². The lowest BCUT2D eigenvalue weighted by atomic mass is 10.1. The summed E-state index contributed by atoms with van der Waals surface area (Å²) in [5.74, 6) is 0.325. The van der Waals surface area contributed by atoms with E-state index >= 15 is 0 Å². The summed E-state index contributed by atoms with van der Waals surface area (Å²) in [7, 11) is 0. The number of pyridine rings is 2. The fourth-order valence-corrected chi connectivity index (χ4v) is 4.31. The lowest BCUT2D eigenvalue weighted by Gasteiger charge is -2.13. The van der Waals surface area contributed by atoms with Gasteiger partial charge >= 0.3 is 5.69 Å². The van der Waals surface area contributed by atoms with Gasteiger partial charge in [0.25, 0.3) is 5.56 Å². The highest BCUT2D eigenvalue weighted by Gasteiger charge is 2.15. The molecule has 0 aliphatic heterocycles. The van der Waals surface area contributed by atoms with Gasteiger partial charge in [0.2, 0.25) is 5.82 Å². The topological polar surface area (TPSA) is 129 Å². The molecule has 11 heteroatoms. The molecule has 36 heavy (non-hydrogen) atoms. The SMILES string of the molecule is Cc1cc(-c2cc(C)c3cc(Oc4c(Cl)cc(-n5nc(N)c(=O)[nH]c5=O)cc4Cl)ccc3n2)ccn1. The number of nitrogens with one attached hydrogen (secondary N) is 1. The van der Waals surface area contributed by atoms with Crippen molar-refractivity contribution < 1.29 is 4.74 Å². The van der Waals surface area contributed by atoms with Gasteiger partial charge in [-0.25, -0.2) is 9.78 Å². The van der Waals surface area contributed by atoms with E-state index in [0.717, 1.165) is 38.1 Å². The lowest BCUT2D eigenvalue weighted by molar-refractivity contribution is 0.483. The second-order valence-electron chi connectivity index (χ2n) is 8.09. The summed E-state index contributed by atoms with van der Waals surface area (Å²) < 4.78 is 6.90. The zero-order chi connectivity index (χ0) is 25.6. The Labute approximate surface area is 214 Å². The number of aromatic nitrogens is 5. The summed E-state index contributed by atoms with van der Waals surface area (Å²) in [6, 6.07) is 14.3. The molecule has 9 nitrogen and oxygen atoms in total. The number of benzene rings is 2. The molecule has 3 aromatic heterocycles. The molecule has 0 radical (unpaired) electrons. The normalized spacial score (nSPS) is 11.1. The highest BCUT2D eigenvalue weighted by molar-refractivity contribution is 6.37. The first-order chi connectivity index (χ1) is 17.2. The summed E-state index contributed by atoms with van der Waals surface area (Å²) in [5, 5.41) is 4.96. The molecular formula is C25H18Cl2N6O3. The molecule has 5 rings (SSSR count). The number of aryl methyl sites for hydroxylation is 2. The van der Waals surface area contributed by atoms with Crippen LogP contribution in [0.15, 0.2) is 64.3 Å². The van der Waals surface area contributed by atoms with Gasteiger partial charge in [-0.2, -0.15) is 4.68 Å². The Balaban J connectivity index is 1.50. The minimum Gasteiger partial charge on any atom is -0.454 e. The Morgan fingerprint density at radius 2 is 1.75 bits per heavy atom. The van der Waals surface area contributed by atoms with E-state index in [1.165, 1.54) is 12.1 Å². The molecule has 0 spiro atoms. The van der Waals surface area contributed by atoms with Crippen molar-refractivity contribution in [1.82, 2.24) is 24.7 Å². The molecule has 0 fully saturated rings. The van der Waals surface area contributed by atoms with E-state index in [1.54, 1.807) is 12.3 Å². The van der Waals surface area contributed by atoms with Gasteiger partial charge in [-0.3, -0.25) is 14.8 Å². The quantitative estimate of drug-likeness (QED) is 0.347. The van der Waals surface area contributed by atoms with Gasteiger partial charge in [-0.1, -0.05) is 23.2 Å². The number of hydrogen-bond acceptors (Lipinski definition) is 7. The van der Waals surface area contributed by atoms with Gasteiger partial charge < -0.3 is 10.5 Å². The van der Waals surface area contributed by atoms with E-state index in [0.29, 0.717) is 5.75 Å². The van der Waals surface area contributed by atoms with Crippen LogP contribution in [-0.4, -0.2) is 24.7 Å². The molecule has 5 aromatic rings. The van der Waals surface area contributed by atoms with Crippen molar-refractivity contribution in [3.05, 3.63) is 96.9 Å². The summed E-state index contributed by atoms with van der Waals surface area (Å²) in [6.07, 6.45) is 1.76. The maximum absolute atomic E-state index is 12.1. The first-order valence-electron chi connectivity index (χ1n) is 10.7. The predicted molar refractivity (Wildman–Crippen MR) is 139 cm³/mol. The van der Waals surface area contributed by atoms with Crippen molar-refractivity contribution in [2.75, 3.05) is 5.73 Å². The van der Waals surface area contributed by atoms with Crippen LogP contribution < -0.4 is 21.7 Å². The molecule has 0 saturated carbocycles. The van der Waals surface area contributed by atoms with Gasteiger partial charge in [0, 0.05) is 22.8 Å². The molecule has 0 amide bonds. The minimum absolute atomic E-state index is 0.134. The molecule has 0 aliphatic rings. The van der Waals surface area contributed by atoms with Gasteiger partial charge in [-0.05, 0) is 67.9 Å². The van der Waals surface area contributed by atoms with E-state index in [1.807, 2.05) is 44.2 Å². The largest absolute Gasteiger partial charge is 0.454 e. The lowest BCUT2D eigenvalue weighted by Crippen LogP contribution is -2.33. The molecule has 0 unspecified atom stereocenters. The molecule has 3 heterocycles. The molecule has 0 bridgehead atoms. The van der Waals surface area contributed by atoms with Crippen molar-refractivity contribution in [2.45, 2.75) is 13.8 Å². The van der Waals surface area contributed by atoms with Crippen molar-refractivity contribution in [3.8, 4) is 28.4 Å². The van der Waals surface area contributed by atoms with Crippen LogP contribution in [-0.2, 0) is 0 Å². The standard InChI is InChI=1S/C25H18Cl2N6O3/c1-12-7-21(14-5-6-29-13(2)8-14)30-20-4-3-16(11-17(12)20)36-22-18(26)9-15(10-19(22)27)33-25(35)31-24(34)23(28)32-33/h3-11H,1-2H3,(H2,28,32)(H,31,34,35). The van der Waals surface area contributed by atoms with E-state index < -0.39 is 11.2 Å². The first-order valence-corrected chi connectivity index (χ1v) is 11.5. The van der Waals surface area contributed by atoms with E-state index in [4.69, 9.17) is 38.7 Å². The number of rotatable bonds is 4. The van der Waals surface area contributed by atoms with Gasteiger partial charge in [-0.15, -0.1) is 5.10 Å². The summed E-state index contributed by atoms with van der Waals surface area (Å²) in [6.45, 7) is 3.94. The molecule has 180 valence electrons. The average Bonchev–Trinajstić information content (AvgIpc) is 2.83. The van der Waals surface area contributed by atoms with Crippen molar-refractivity contribution >= 4 is 39.9 Å². The highest BCUT2D eigenvalue weighted by Crippen LogP contribution is 2.39. The van der Waals surface area contributed by atoms with E-state index in [2.05, 4.69) is 15.1 Å². The number of halogens is 2. The first kappa shape index (κ1) is 23.5. The maximum atomic E-state index is 12.1. The third kappa shape index (κ3) is 4.41. The molecule has 2 aromatic carbocycles. The van der Waals surface area contributed by atoms with Crippen LogP contribution in [0.4, 0.5) is 5.82 Å². The number of nitrogens with two attached hydrogens (primary N) is 1. The number of anilines is 1. The van der Waals surface area contributed by atoms with Gasteiger partial charge in [0.15, 0.2) is 5.75 Å². The summed E-state index contributed by atoms with van der Waals surface area (Å²) >= 11 is 12.9. The fraction of sp³-hybridized carbons (Fsp3) is 0.0800. The van der Waals surface area contributed by atoms with Crippen LogP contribution in [0.25, 0.3) is 27.8 Å². The minimum atomic E-state index is -0.784. The predicted octanol–water partition coefficient (Wildman–Crippen LogP) is 4.83. The molecule has 3 N–H and O–H groups in total. The zero-order valence-corrected chi connectivity index (χ0v) is 20.6. The molecule has 0 atom stereocenters. The van der Waals surface area contributed by atoms with Crippen LogP contribution in [0.5, 0.6) is 11.5 Å². The average molecular weight is 521 g/mol. The number of nitrogens with zero attached hydrogens (tertiary/aromatic N) is 4. The fourth-order valence-electron chi connectivity index (χ4n) is 3.76. The van der Waals surface area contributed by atoms with Crippen LogP contribution in [0.3, 0.4) is 0 Å². The number of ether oxygens (including phenoxy) is 1. The third-order valence-electron chi connectivity index (χ3n) is 5.48. The number of fused-ring (bicyclic) bond motifs is 1. The number of H-pyrrole nitrogens is 1. The second-order valence-corrected chi connectivity index (χ2v) is 8.90. The van der Waals surface area contributed by atoms with E-state index in [-0.39, 0.29) is 27.3 Å². The van der Waals surface area contributed by atoms with Crippen LogP contribution in [0.2, 0.25) is 10.0 Å². The van der Waals surface area contributed by atoms with Gasteiger partial charge in [0.05, 0.1) is 26.9 Å². The third-order valence-corrected chi connectivity index (χ3v) is 6.04.